The van der Waals surface area contributed by atoms with E-state index >= 15 is 0 Å². The van der Waals surface area contributed by atoms with E-state index in [1.54, 1.807) is 0 Å². The molecule has 0 heterocycles. The maximum atomic E-state index is 13.4. The second-order valence-corrected chi connectivity index (χ2v) is 3.77. The predicted octanol–water partition coefficient (Wildman–Crippen LogP) is 2.79. The summed E-state index contributed by atoms with van der Waals surface area (Å²) in [7, 11) is 0. The Balaban J connectivity index is 2.88. The second-order valence-electron chi connectivity index (χ2n) is 3.77. The van der Waals surface area contributed by atoms with Crippen molar-refractivity contribution < 1.29 is 18.5 Å². The van der Waals surface area contributed by atoms with Gasteiger partial charge in [-0.25, -0.2) is 13.6 Å². The van der Waals surface area contributed by atoms with Crippen molar-refractivity contribution in [2.75, 3.05) is 11.9 Å². The predicted molar refractivity (Wildman–Crippen MR) is 64.9 cm³/mol. The molecule has 6 nitrogen and oxygen atoms in total. The molecule has 0 aliphatic heterocycles. The molecule has 2 amide bonds. The number of hydrogen-bond donors (Lipinski definition) is 2. The third-order valence-electron chi connectivity index (χ3n) is 2.29. The van der Waals surface area contributed by atoms with Crippen LogP contribution in [0, 0.1) is 21.7 Å². The molecule has 0 fully saturated rings. The number of halogens is 2. The van der Waals surface area contributed by atoms with Gasteiger partial charge >= 0.3 is 6.03 Å². The van der Waals surface area contributed by atoms with Gasteiger partial charge in [0.15, 0.2) is 11.5 Å². The summed E-state index contributed by atoms with van der Waals surface area (Å²) in [4.78, 5) is 21.1. The Kier molecular flexibility index (Phi) is 5.16. The molecule has 1 aromatic rings. The standard InChI is InChI=1S/C11H13F2N3O3/c1-2-3-4-14-11(17)15-10-8(13)5-7(12)6-9(10)16(18)19/h5-6H,2-4H2,1H3,(H2,14,15,17). The summed E-state index contributed by atoms with van der Waals surface area (Å²) in [6.45, 7) is 2.28. The van der Waals surface area contributed by atoms with Gasteiger partial charge in [-0.3, -0.25) is 15.4 Å². The number of nitro benzene ring substituents is 1. The molecule has 1 rings (SSSR count). The van der Waals surface area contributed by atoms with Crippen molar-refractivity contribution in [2.45, 2.75) is 19.8 Å². The van der Waals surface area contributed by atoms with Crippen molar-refractivity contribution >= 4 is 17.4 Å². The number of rotatable bonds is 5. The minimum atomic E-state index is -1.20. The van der Waals surface area contributed by atoms with Crippen LogP contribution in [0.25, 0.3) is 0 Å². The van der Waals surface area contributed by atoms with Crippen LogP contribution in [-0.4, -0.2) is 17.5 Å². The number of urea groups is 1. The number of carbonyl (C=O) groups excluding carboxylic acids is 1. The Hall–Kier alpha value is -2.25. The Bertz CT molecular complexity index is 494. The minimum Gasteiger partial charge on any atom is -0.338 e. The molecule has 0 unspecified atom stereocenters. The van der Waals surface area contributed by atoms with Crippen molar-refractivity contribution in [2.24, 2.45) is 0 Å². The van der Waals surface area contributed by atoms with Crippen molar-refractivity contribution in [1.82, 2.24) is 5.32 Å². The molecule has 1 aromatic carbocycles. The molecule has 0 aliphatic rings. The van der Waals surface area contributed by atoms with E-state index in [-0.39, 0.29) is 0 Å². The Morgan fingerprint density at radius 1 is 1.42 bits per heavy atom. The molecular weight excluding hydrogens is 260 g/mol. The molecule has 8 heteroatoms. The van der Waals surface area contributed by atoms with Crippen LogP contribution < -0.4 is 10.6 Å². The van der Waals surface area contributed by atoms with Gasteiger partial charge in [-0.1, -0.05) is 13.3 Å². The molecule has 0 radical (unpaired) electrons. The summed E-state index contributed by atoms with van der Waals surface area (Å²) in [6.07, 6.45) is 1.58. The summed E-state index contributed by atoms with van der Waals surface area (Å²) >= 11 is 0. The van der Waals surface area contributed by atoms with Gasteiger partial charge in [0.05, 0.1) is 11.0 Å². The first-order valence-corrected chi connectivity index (χ1v) is 5.64. The van der Waals surface area contributed by atoms with Crippen LogP contribution in [-0.2, 0) is 0 Å². The minimum absolute atomic E-state index is 0.360. The first kappa shape index (κ1) is 14.8. The lowest BCUT2D eigenvalue weighted by Crippen LogP contribution is -2.30. The Morgan fingerprint density at radius 3 is 2.68 bits per heavy atom. The zero-order chi connectivity index (χ0) is 14.4. The molecule has 0 spiro atoms. The van der Waals surface area contributed by atoms with Crippen LogP contribution in [0.3, 0.4) is 0 Å². The summed E-state index contributed by atoms with van der Waals surface area (Å²) in [5, 5.41) is 15.1. The lowest BCUT2D eigenvalue weighted by atomic mass is 10.2. The molecule has 0 aliphatic carbocycles. The zero-order valence-corrected chi connectivity index (χ0v) is 10.2. The molecule has 0 atom stereocenters. The molecule has 0 bridgehead atoms. The lowest BCUT2D eigenvalue weighted by Gasteiger charge is -2.08. The lowest BCUT2D eigenvalue weighted by molar-refractivity contribution is -0.384. The van der Waals surface area contributed by atoms with E-state index < -0.39 is 34.0 Å². The van der Waals surface area contributed by atoms with E-state index in [0.29, 0.717) is 18.7 Å². The summed E-state index contributed by atoms with van der Waals surface area (Å²) in [5.41, 5.74) is -1.48. The van der Waals surface area contributed by atoms with Crippen LogP contribution in [0.1, 0.15) is 19.8 Å². The number of unbranched alkanes of at least 4 members (excludes halogenated alkanes) is 1. The second kappa shape index (κ2) is 6.62. The molecule has 0 saturated carbocycles. The molecule has 0 saturated heterocycles. The Labute approximate surface area is 108 Å². The number of benzene rings is 1. The van der Waals surface area contributed by atoms with Gasteiger partial charge in [0.2, 0.25) is 0 Å². The average molecular weight is 273 g/mol. The number of nitro groups is 1. The zero-order valence-electron chi connectivity index (χ0n) is 10.2. The maximum absolute atomic E-state index is 13.4. The number of hydrogen-bond acceptors (Lipinski definition) is 3. The van der Waals surface area contributed by atoms with Gasteiger partial charge in [-0.15, -0.1) is 0 Å². The summed E-state index contributed by atoms with van der Waals surface area (Å²) < 4.78 is 26.3. The van der Waals surface area contributed by atoms with Crippen LogP contribution in [0.5, 0.6) is 0 Å². The van der Waals surface area contributed by atoms with Gasteiger partial charge in [0, 0.05) is 12.6 Å². The third kappa shape index (κ3) is 4.16. The van der Waals surface area contributed by atoms with Gasteiger partial charge in [0.1, 0.15) is 5.82 Å². The fourth-order valence-electron chi connectivity index (χ4n) is 1.36. The van der Waals surface area contributed by atoms with E-state index in [1.807, 2.05) is 12.2 Å². The number of anilines is 1. The fourth-order valence-corrected chi connectivity index (χ4v) is 1.36. The molecule has 0 aromatic heterocycles. The number of carbonyl (C=O) groups is 1. The van der Waals surface area contributed by atoms with E-state index in [9.17, 15) is 23.7 Å². The monoisotopic (exact) mass is 273 g/mol. The summed E-state index contributed by atoms with van der Waals surface area (Å²) in [5.74, 6) is -2.28. The SMILES string of the molecule is CCCCNC(=O)Nc1c(F)cc(F)cc1[N+](=O)[O-]. The van der Waals surface area contributed by atoms with E-state index in [1.165, 1.54) is 0 Å². The average Bonchev–Trinajstić information content (AvgIpc) is 2.32. The van der Waals surface area contributed by atoms with Gasteiger partial charge in [0.25, 0.3) is 5.69 Å². The highest BCUT2D eigenvalue weighted by molar-refractivity contribution is 5.91. The van der Waals surface area contributed by atoms with Gasteiger partial charge in [-0.2, -0.15) is 0 Å². The van der Waals surface area contributed by atoms with Crippen molar-refractivity contribution in [3.63, 3.8) is 0 Å². The first-order valence-electron chi connectivity index (χ1n) is 5.64. The summed E-state index contributed by atoms with van der Waals surface area (Å²) in [6, 6.07) is 0.237. The molecule has 104 valence electrons. The van der Waals surface area contributed by atoms with Crippen LogP contribution in [0.2, 0.25) is 0 Å². The smallest absolute Gasteiger partial charge is 0.319 e. The molecule has 19 heavy (non-hydrogen) atoms. The van der Waals surface area contributed by atoms with Crippen LogP contribution >= 0.6 is 0 Å². The van der Waals surface area contributed by atoms with Crippen molar-refractivity contribution in [1.29, 1.82) is 0 Å². The maximum Gasteiger partial charge on any atom is 0.319 e. The van der Waals surface area contributed by atoms with Gasteiger partial charge < -0.3 is 5.32 Å². The van der Waals surface area contributed by atoms with Gasteiger partial charge in [-0.05, 0) is 6.42 Å². The first-order chi connectivity index (χ1) is 8.95. The van der Waals surface area contributed by atoms with Crippen LogP contribution in [0.4, 0.5) is 25.0 Å². The highest BCUT2D eigenvalue weighted by Gasteiger charge is 2.22. The van der Waals surface area contributed by atoms with E-state index in [0.717, 1.165) is 12.8 Å². The third-order valence-corrected chi connectivity index (χ3v) is 2.29. The topological polar surface area (TPSA) is 84.3 Å². The normalized spacial score (nSPS) is 10.1. The number of nitrogens with one attached hydrogen (secondary N) is 2. The highest BCUT2D eigenvalue weighted by Crippen LogP contribution is 2.28. The van der Waals surface area contributed by atoms with E-state index in [2.05, 4.69) is 5.32 Å². The number of nitrogens with zero attached hydrogens (tertiary/aromatic N) is 1. The number of amides is 2. The molecular formula is C11H13F2N3O3. The Morgan fingerprint density at radius 2 is 2.11 bits per heavy atom. The van der Waals surface area contributed by atoms with E-state index in [4.69, 9.17) is 0 Å². The fraction of sp³-hybridized carbons (Fsp3) is 0.364. The van der Waals surface area contributed by atoms with Crippen molar-refractivity contribution in [3.05, 3.63) is 33.9 Å². The largest absolute Gasteiger partial charge is 0.338 e. The highest BCUT2D eigenvalue weighted by atomic mass is 19.1. The quantitative estimate of drug-likeness (QED) is 0.491. The van der Waals surface area contributed by atoms with Crippen LogP contribution in [0.15, 0.2) is 12.1 Å². The molecule has 2 N–H and O–H groups in total. The van der Waals surface area contributed by atoms with Crippen molar-refractivity contribution in [3.8, 4) is 0 Å².